The van der Waals surface area contributed by atoms with E-state index in [4.69, 9.17) is 0 Å². The lowest BCUT2D eigenvalue weighted by atomic mass is 9.96. The first kappa shape index (κ1) is 28.2. The fourth-order valence-electron chi connectivity index (χ4n) is 5.20. The van der Waals surface area contributed by atoms with E-state index in [1.807, 2.05) is 42.5 Å². The Hall–Kier alpha value is -3.30. The molecule has 0 unspecified atom stereocenters. The van der Waals surface area contributed by atoms with Gasteiger partial charge < -0.3 is 4.90 Å². The summed E-state index contributed by atoms with van der Waals surface area (Å²) in [6.45, 7) is 2.38. The van der Waals surface area contributed by atoms with Crippen molar-refractivity contribution >= 4 is 31.9 Å². The molecule has 1 fully saturated rings. The first-order valence-electron chi connectivity index (χ1n) is 13.4. The predicted molar refractivity (Wildman–Crippen MR) is 161 cm³/mol. The molecule has 5 rings (SSSR count). The summed E-state index contributed by atoms with van der Waals surface area (Å²) >= 11 is 3.35. The van der Waals surface area contributed by atoms with Crippen molar-refractivity contribution in [2.45, 2.75) is 23.4 Å². The van der Waals surface area contributed by atoms with Crippen molar-refractivity contribution in [3.05, 3.63) is 136 Å². The van der Waals surface area contributed by atoms with E-state index >= 15 is 0 Å². The smallest absolute Gasteiger partial charge is 0.241 e. The van der Waals surface area contributed by atoms with E-state index in [0.29, 0.717) is 26.2 Å². The molecule has 4 aromatic rings. The molecular weight excluding hydrogens is 586 g/mol. The van der Waals surface area contributed by atoms with Crippen LogP contribution in [0.1, 0.15) is 22.7 Å². The maximum Gasteiger partial charge on any atom is 0.241 e. The van der Waals surface area contributed by atoms with Crippen LogP contribution in [0.2, 0.25) is 0 Å². The minimum absolute atomic E-state index is 0.0793. The predicted octanol–water partition coefficient (Wildman–Crippen LogP) is 5.27. The summed E-state index contributed by atoms with van der Waals surface area (Å²) in [5, 5.41) is 0. The highest BCUT2D eigenvalue weighted by Crippen LogP contribution is 2.29. The number of amides is 1. The van der Waals surface area contributed by atoms with Gasteiger partial charge in [0.15, 0.2) is 0 Å². The largest absolute Gasteiger partial charge is 0.339 e. The molecule has 1 N–H and O–H groups in total. The fourth-order valence-corrected chi connectivity index (χ4v) is 6.66. The molecule has 0 aliphatic carbocycles. The summed E-state index contributed by atoms with van der Waals surface area (Å²) in [6.07, 6.45) is 0.270. The van der Waals surface area contributed by atoms with Crippen molar-refractivity contribution in [1.82, 2.24) is 14.5 Å². The molecule has 206 valence electrons. The summed E-state index contributed by atoms with van der Waals surface area (Å²) in [7, 11) is -3.91. The molecule has 1 aliphatic heterocycles. The van der Waals surface area contributed by atoms with Gasteiger partial charge in [-0.05, 0) is 47.4 Å². The van der Waals surface area contributed by atoms with Gasteiger partial charge in [-0.1, -0.05) is 107 Å². The third-order valence-electron chi connectivity index (χ3n) is 7.22. The van der Waals surface area contributed by atoms with Crippen LogP contribution in [-0.4, -0.2) is 56.3 Å². The Morgan fingerprint density at radius 3 is 1.75 bits per heavy atom. The van der Waals surface area contributed by atoms with Crippen LogP contribution in [0.5, 0.6) is 0 Å². The highest BCUT2D eigenvalue weighted by atomic mass is 79.9. The zero-order chi connectivity index (χ0) is 28.0. The van der Waals surface area contributed by atoms with E-state index < -0.39 is 16.1 Å². The molecule has 0 bridgehead atoms. The monoisotopic (exact) mass is 617 g/mol. The average Bonchev–Trinajstić information content (AvgIpc) is 2.99. The summed E-state index contributed by atoms with van der Waals surface area (Å²) < 4.78 is 30.1. The van der Waals surface area contributed by atoms with Gasteiger partial charge in [0.1, 0.15) is 6.04 Å². The number of nitrogens with one attached hydrogen (secondary N) is 1. The zero-order valence-corrected chi connectivity index (χ0v) is 24.5. The lowest BCUT2D eigenvalue weighted by Crippen LogP contribution is -2.56. The number of piperazine rings is 1. The molecule has 1 atom stereocenters. The highest BCUT2D eigenvalue weighted by Gasteiger charge is 2.33. The number of benzene rings is 4. The number of halogens is 1. The number of rotatable bonds is 9. The molecule has 0 spiro atoms. The number of hydrogen-bond donors (Lipinski definition) is 1. The Balaban J connectivity index is 1.34. The first-order valence-corrected chi connectivity index (χ1v) is 15.6. The van der Waals surface area contributed by atoms with Gasteiger partial charge in [-0.25, -0.2) is 8.42 Å². The van der Waals surface area contributed by atoms with E-state index in [1.54, 1.807) is 17.0 Å². The molecule has 8 heteroatoms. The number of carbonyl (C=O) groups excluding carboxylic acids is 1. The van der Waals surface area contributed by atoms with Crippen LogP contribution in [0.4, 0.5) is 0 Å². The van der Waals surface area contributed by atoms with Gasteiger partial charge in [-0.2, -0.15) is 4.72 Å². The molecule has 1 amide bonds. The van der Waals surface area contributed by atoms with Crippen LogP contribution < -0.4 is 4.72 Å². The molecule has 1 heterocycles. The maximum atomic E-state index is 13.9. The second-order valence-corrected chi connectivity index (χ2v) is 12.5. The van der Waals surface area contributed by atoms with Crippen molar-refractivity contribution < 1.29 is 13.2 Å². The lowest BCUT2D eigenvalue weighted by molar-refractivity contribution is -0.135. The number of hydrogen-bond acceptors (Lipinski definition) is 4. The average molecular weight is 619 g/mol. The minimum Gasteiger partial charge on any atom is -0.339 e. The van der Waals surface area contributed by atoms with Gasteiger partial charge in [-0.15, -0.1) is 0 Å². The SMILES string of the molecule is O=C([C@@H](Cc1ccccc1)NS(=O)(=O)c1ccc(Br)cc1)N1CCN(C(c2ccccc2)c2ccccc2)CC1. The summed E-state index contributed by atoms with van der Waals surface area (Å²) in [6, 6.07) is 35.9. The molecule has 1 aliphatic rings. The molecule has 1 saturated heterocycles. The van der Waals surface area contributed by atoms with Crippen LogP contribution >= 0.6 is 15.9 Å². The summed E-state index contributed by atoms with van der Waals surface area (Å²) in [5.41, 5.74) is 3.31. The van der Waals surface area contributed by atoms with Gasteiger partial charge in [0.25, 0.3) is 0 Å². The number of carbonyl (C=O) groups is 1. The molecule has 4 aromatic carbocycles. The number of sulfonamides is 1. The van der Waals surface area contributed by atoms with Gasteiger partial charge in [-0.3, -0.25) is 9.69 Å². The Bertz CT molecular complexity index is 1450. The van der Waals surface area contributed by atoms with Crippen LogP contribution in [0.15, 0.2) is 125 Å². The van der Waals surface area contributed by atoms with Crippen LogP contribution in [-0.2, 0) is 21.2 Å². The molecule has 0 saturated carbocycles. The Morgan fingerprint density at radius 1 is 0.725 bits per heavy atom. The van der Waals surface area contributed by atoms with E-state index in [2.05, 4.69) is 74.1 Å². The van der Waals surface area contributed by atoms with Crippen molar-refractivity contribution in [1.29, 1.82) is 0 Å². The molecule has 6 nitrogen and oxygen atoms in total. The summed E-state index contributed by atoms with van der Waals surface area (Å²) in [4.78, 5) is 18.2. The van der Waals surface area contributed by atoms with E-state index in [-0.39, 0.29) is 23.3 Å². The number of nitrogens with zero attached hydrogens (tertiary/aromatic N) is 2. The Morgan fingerprint density at radius 2 is 1.23 bits per heavy atom. The van der Waals surface area contributed by atoms with E-state index in [1.165, 1.54) is 23.3 Å². The maximum absolute atomic E-state index is 13.9. The van der Waals surface area contributed by atoms with Crippen molar-refractivity contribution in [3.8, 4) is 0 Å². The Labute approximate surface area is 244 Å². The van der Waals surface area contributed by atoms with Gasteiger partial charge in [0.2, 0.25) is 15.9 Å². The molecular formula is C32H32BrN3O3S. The van der Waals surface area contributed by atoms with Crippen LogP contribution in [0.25, 0.3) is 0 Å². The third kappa shape index (κ3) is 6.88. The Kier molecular flexibility index (Phi) is 9.11. The highest BCUT2D eigenvalue weighted by molar-refractivity contribution is 9.10. The second-order valence-electron chi connectivity index (χ2n) is 9.90. The topological polar surface area (TPSA) is 69.7 Å². The van der Waals surface area contributed by atoms with Crippen LogP contribution in [0.3, 0.4) is 0 Å². The molecule has 40 heavy (non-hydrogen) atoms. The fraction of sp³-hybridized carbons (Fsp3) is 0.219. The standard InChI is InChI=1S/C32H32BrN3O3S/c33-28-16-18-29(19-17-28)40(38,39)34-30(24-25-10-4-1-5-11-25)32(37)36-22-20-35(21-23-36)31(26-12-6-2-7-13-26)27-14-8-3-9-15-27/h1-19,30-31,34H,20-24H2/t30-/m1/s1. The quantitative estimate of drug-likeness (QED) is 0.278. The van der Waals surface area contributed by atoms with Gasteiger partial charge in [0, 0.05) is 30.7 Å². The van der Waals surface area contributed by atoms with E-state index in [9.17, 15) is 13.2 Å². The third-order valence-corrected chi connectivity index (χ3v) is 9.24. The van der Waals surface area contributed by atoms with Crippen LogP contribution in [0, 0.1) is 0 Å². The normalized spacial score (nSPS) is 15.2. The molecule has 0 radical (unpaired) electrons. The van der Waals surface area contributed by atoms with Crippen molar-refractivity contribution in [2.75, 3.05) is 26.2 Å². The minimum atomic E-state index is -3.91. The van der Waals surface area contributed by atoms with Crippen molar-refractivity contribution in [3.63, 3.8) is 0 Å². The van der Waals surface area contributed by atoms with Gasteiger partial charge in [0.05, 0.1) is 10.9 Å². The molecule has 0 aromatic heterocycles. The summed E-state index contributed by atoms with van der Waals surface area (Å²) in [5.74, 6) is -0.208. The second kappa shape index (κ2) is 12.9. The van der Waals surface area contributed by atoms with E-state index in [0.717, 1.165) is 10.0 Å². The first-order chi connectivity index (χ1) is 19.4. The van der Waals surface area contributed by atoms with Crippen molar-refractivity contribution in [2.24, 2.45) is 0 Å². The lowest BCUT2D eigenvalue weighted by Gasteiger charge is -2.40. The van der Waals surface area contributed by atoms with Gasteiger partial charge >= 0.3 is 0 Å². The zero-order valence-electron chi connectivity index (χ0n) is 22.1.